The van der Waals surface area contributed by atoms with E-state index in [0.717, 1.165) is 44.6 Å². The van der Waals surface area contributed by atoms with E-state index in [-0.39, 0.29) is 43.5 Å². The Morgan fingerprint density at radius 1 is 1.08 bits per heavy atom. The Hall–Kier alpha value is -2.85. The van der Waals surface area contributed by atoms with Gasteiger partial charge in [0.05, 0.1) is 6.54 Å². The molecule has 1 unspecified atom stereocenters. The van der Waals surface area contributed by atoms with Crippen LogP contribution in [0.3, 0.4) is 0 Å². The number of rotatable bonds is 8. The molecule has 36 heavy (non-hydrogen) atoms. The molecule has 4 amide bonds. The van der Waals surface area contributed by atoms with E-state index in [9.17, 15) is 14.4 Å². The Kier molecular flexibility index (Phi) is 7.34. The smallest absolute Gasteiger partial charge is 0.325 e. The summed E-state index contributed by atoms with van der Waals surface area (Å²) >= 11 is 0. The zero-order chi connectivity index (χ0) is 25.1. The van der Waals surface area contributed by atoms with Gasteiger partial charge in [-0.1, -0.05) is 25.3 Å². The zero-order valence-electron chi connectivity index (χ0n) is 21.1. The quantitative estimate of drug-likeness (QED) is 0.525. The third kappa shape index (κ3) is 5.29. The van der Waals surface area contributed by atoms with Crippen LogP contribution >= 0.6 is 0 Å². The molecule has 0 bridgehead atoms. The summed E-state index contributed by atoms with van der Waals surface area (Å²) in [7, 11) is 2.16. The molecule has 1 atom stereocenters. The highest BCUT2D eigenvalue weighted by Crippen LogP contribution is 2.34. The molecule has 1 aliphatic carbocycles. The van der Waals surface area contributed by atoms with E-state index in [2.05, 4.69) is 27.5 Å². The number of carbonyl (C=O) groups excluding carboxylic acids is 3. The lowest BCUT2D eigenvalue weighted by molar-refractivity contribution is -0.128. The number of urea groups is 1. The van der Waals surface area contributed by atoms with Gasteiger partial charge in [0, 0.05) is 44.7 Å². The van der Waals surface area contributed by atoms with Crippen LogP contribution in [0.15, 0.2) is 18.2 Å². The molecule has 4 aliphatic rings. The van der Waals surface area contributed by atoms with Crippen molar-refractivity contribution < 1.29 is 23.9 Å². The molecule has 1 saturated carbocycles. The van der Waals surface area contributed by atoms with E-state index in [1.54, 1.807) is 12.1 Å². The monoisotopic (exact) mass is 499 g/mol. The minimum atomic E-state index is -0.682. The summed E-state index contributed by atoms with van der Waals surface area (Å²) in [5.41, 5.74) is 0.816. The molecule has 0 radical (unpaired) electrons. The summed E-state index contributed by atoms with van der Waals surface area (Å²) in [6, 6.07) is 4.26. The highest BCUT2D eigenvalue weighted by molar-refractivity contribution is 6.04. The average Bonchev–Trinajstić information content (AvgIpc) is 3.46. The van der Waals surface area contributed by atoms with E-state index in [1.807, 2.05) is 6.07 Å². The Morgan fingerprint density at radius 2 is 1.83 bits per heavy atom. The van der Waals surface area contributed by atoms with E-state index in [1.165, 1.54) is 24.2 Å². The van der Waals surface area contributed by atoms with Gasteiger partial charge in [0.2, 0.25) is 12.7 Å². The van der Waals surface area contributed by atoms with Crippen LogP contribution in [0.5, 0.6) is 11.5 Å². The van der Waals surface area contributed by atoms with Gasteiger partial charge in [-0.3, -0.25) is 19.4 Å². The van der Waals surface area contributed by atoms with Crippen molar-refractivity contribution in [3.8, 4) is 11.5 Å². The lowest BCUT2D eigenvalue weighted by Crippen LogP contribution is -2.61. The van der Waals surface area contributed by atoms with E-state index in [0.29, 0.717) is 18.0 Å². The van der Waals surface area contributed by atoms with Gasteiger partial charge in [0.1, 0.15) is 6.04 Å². The Labute approximate surface area is 212 Å². The molecular weight excluding hydrogens is 462 g/mol. The summed E-state index contributed by atoms with van der Waals surface area (Å²) in [6.07, 6.45) is 6.37. The minimum absolute atomic E-state index is 0.0357. The number of hydrogen-bond donors (Lipinski definition) is 2. The fourth-order valence-electron chi connectivity index (χ4n) is 5.87. The zero-order valence-corrected chi connectivity index (χ0v) is 21.1. The summed E-state index contributed by atoms with van der Waals surface area (Å²) in [5, 5.41) is 5.91. The van der Waals surface area contributed by atoms with Gasteiger partial charge < -0.3 is 25.0 Å². The van der Waals surface area contributed by atoms with Crippen LogP contribution in [0, 0.1) is 0 Å². The van der Waals surface area contributed by atoms with Crippen molar-refractivity contribution in [2.75, 3.05) is 46.6 Å². The van der Waals surface area contributed by atoms with Crippen molar-refractivity contribution in [2.45, 2.75) is 63.1 Å². The molecule has 5 rings (SSSR count). The number of carbonyl (C=O) groups is 3. The van der Waals surface area contributed by atoms with Gasteiger partial charge in [-0.2, -0.15) is 0 Å². The maximum Gasteiger partial charge on any atom is 0.325 e. The SMILES string of the molecule is CN1CCN(C2(CNC(=O)CCC3NC(=O)N(Cc4ccc5c(c4)OCO5)C3=O)CCCCC2)CC1. The summed E-state index contributed by atoms with van der Waals surface area (Å²) < 4.78 is 10.7. The molecule has 2 saturated heterocycles. The fourth-order valence-corrected chi connectivity index (χ4v) is 5.87. The third-order valence-electron chi connectivity index (χ3n) is 8.12. The number of nitrogens with zero attached hydrogens (tertiary/aromatic N) is 3. The molecule has 2 N–H and O–H groups in total. The van der Waals surface area contributed by atoms with E-state index in [4.69, 9.17) is 9.47 Å². The van der Waals surface area contributed by atoms with E-state index >= 15 is 0 Å². The molecular formula is C26H37N5O5. The number of piperazine rings is 1. The maximum absolute atomic E-state index is 12.9. The number of nitrogens with one attached hydrogen (secondary N) is 2. The van der Waals surface area contributed by atoms with Crippen molar-refractivity contribution in [1.82, 2.24) is 25.3 Å². The lowest BCUT2D eigenvalue weighted by Gasteiger charge is -2.49. The number of fused-ring (bicyclic) bond motifs is 1. The van der Waals surface area contributed by atoms with Crippen molar-refractivity contribution in [3.05, 3.63) is 23.8 Å². The average molecular weight is 500 g/mol. The Bertz CT molecular complexity index is 987. The number of likely N-dealkylation sites (N-methyl/N-ethyl adjacent to an activating group) is 1. The number of amides is 4. The molecule has 10 nitrogen and oxygen atoms in total. The van der Waals surface area contributed by atoms with Crippen molar-refractivity contribution in [1.29, 1.82) is 0 Å². The van der Waals surface area contributed by atoms with Gasteiger partial charge in [-0.15, -0.1) is 0 Å². The first kappa shape index (κ1) is 24.8. The first-order valence-corrected chi connectivity index (χ1v) is 13.1. The molecule has 3 fully saturated rings. The van der Waals surface area contributed by atoms with Crippen LogP contribution in [0.2, 0.25) is 0 Å². The van der Waals surface area contributed by atoms with Crippen LogP contribution in [0.1, 0.15) is 50.5 Å². The third-order valence-corrected chi connectivity index (χ3v) is 8.12. The number of ether oxygens (including phenoxy) is 2. The molecule has 0 spiro atoms. The first-order valence-electron chi connectivity index (χ1n) is 13.1. The molecule has 3 aliphatic heterocycles. The molecule has 0 aromatic heterocycles. The predicted octanol–water partition coefficient (Wildman–Crippen LogP) is 1.68. The van der Waals surface area contributed by atoms with Crippen molar-refractivity contribution in [3.63, 3.8) is 0 Å². The number of imide groups is 1. The van der Waals surface area contributed by atoms with Gasteiger partial charge in [0.15, 0.2) is 11.5 Å². The van der Waals surface area contributed by atoms with Crippen LogP contribution in [0.25, 0.3) is 0 Å². The first-order chi connectivity index (χ1) is 17.4. The van der Waals surface area contributed by atoms with Crippen LogP contribution in [-0.2, 0) is 16.1 Å². The molecule has 10 heteroatoms. The number of hydrogen-bond acceptors (Lipinski definition) is 7. The van der Waals surface area contributed by atoms with E-state index < -0.39 is 12.1 Å². The van der Waals surface area contributed by atoms with Crippen molar-refractivity contribution >= 4 is 17.8 Å². The topological polar surface area (TPSA) is 103 Å². The summed E-state index contributed by atoms with van der Waals surface area (Å²) in [6.45, 7) is 5.16. The fraction of sp³-hybridized carbons (Fsp3) is 0.654. The Morgan fingerprint density at radius 3 is 2.61 bits per heavy atom. The van der Waals surface area contributed by atoms with Crippen LogP contribution < -0.4 is 20.1 Å². The summed E-state index contributed by atoms with van der Waals surface area (Å²) in [4.78, 5) is 44.3. The standard InChI is InChI=1S/C26H37N5O5/c1-29-11-13-30(14-12-29)26(9-3-2-4-10-26)17-27-23(32)8-6-20-24(33)31(25(34)28-20)16-19-5-7-21-22(15-19)36-18-35-21/h5,7,15,20H,2-4,6,8-14,16-18H2,1H3,(H,27,32)(H,28,34). The largest absolute Gasteiger partial charge is 0.454 e. The minimum Gasteiger partial charge on any atom is -0.454 e. The van der Waals surface area contributed by atoms with Gasteiger partial charge >= 0.3 is 6.03 Å². The lowest BCUT2D eigenvalue weighted by atomic mass is 9.79. The summed E-state index contributed by atoms with van der Waals surface area (Å²) in [5.74, 6) is 0.902. The molecule has 1 aromatic carbocycles. The number of benzene rings is 1. The molecule has 196 valence electrons. The normalized spacial score (nSPS) is 24.1. The highest BCUT2D eigenvalue weighted by atomic mass is 16.7. The molecule has 1 aromatic rings. The second-order valence-electron chi connectivity index (χ2n) is 10.5. The van der Waals surface area contributed by atoms with Gasteiger partial charge in [0.25, 0.3) is 5.91 Å². The van der Waals surface area contributed by atoms with Crippen LogP contribution in [-0.4, -0.2) is 90.7 Å². The Balaban J connectivity index is 1.12. The molecule has 3 heterocycles. The van der Waals surface area contributed by atoms with Gasteiger partial charge in [-0.25, -0.2) is 4.79 Å². The second-order valence-corrected chi connectivity index (χ2v) is 10.5. The predicted molar refractivity (Wildman–Crippen MR) is 133 cm³/mol. The highest BCUT2D eigenvalue weighted by Gasteiger charge is 2.40. The van der Waals surface area contributed by atoms with Gasteiger partial charge in [-0.05, 0) is 44.0 Å². The van der Waals surface area contributed by atoms with Crippen LogP contribution in [0.4, 0.5) is 4.79 Å². The second kappa shape index (κ2) is 10.6. The maximum atomic E-state index is 12.9. The van der Waals surface area contributed by atoms with Crippen molar-refractivity contribution in [2.24, 2.45) is 0 Å².